The first-order valence-corrected chi connectivity index (χ1v) is 6.88. The first kappa shape index (κ1) is 12.7. The molecule has 0 unspecified atom stereocenters. The number of aromatic nitrogens is 1. The van der Waals surface area contributed by atoms with E-state index in [1.165, 1.54) is 22.2 Å². The van der Waals surface area contributed by atoms with Crippen LogP contribution in [-0.2, 0) is 6.54 Å². The van der Waals surface area contributed by atoms with Crippen molar-refractivity contribution < 1.29 is 0 Å². The van der Waals surface area contributed by atoms with E-state index in [1.54, 1.807) is 0 Å². The molecule has 1 aromatic heterocycles. The molecule has 0 radical (unpaired) electrons. The lowest BCUT2D eigenvalue weighted by Gasteiger charge is -2.10. The summed E-state index contributed by atoms with van der Waals surface area (Å²) in [5, 5.41) is 4.66. The molecule has 0 spiro atoms. The van der Waals surface area contributed by atoms with Crippen molar-refractivity contribution in [1.82, 2.24) is 4.98 Å². The topological polar surface area (TPSA) is 24.9 Å². The number of rotatable bonds is 3. The fraction of sp³-hybridized carbons (Fsp3) is 0.167. The highest BCUT2D eigenvalue weighted by molar-refractivity contribution is 5.78. The third kappa shape index (κ3) is 2.64. The molecule has 1 N–H and O–H groups in total. The number of hydrogen-bond donors (Lipinski definition) is 1. The van der Waals surface area contributed by atoms with Crippen LogP contribution in [0.25, 0.3) is 10.9 Å². The maximum atomic E-state index is 4.68. The van der Waals surface area contributed by atoms with Crippen LogP contribution in [-0.4, -0.2) is 4.98 Å². The molecular weight excluding hydrogens is 244 g/mol. The molecule has 0 aliphatic carbocycles. The number of benzene rings is 2. The van der Waals surface area contributed by atoms with Gasteiger partial charge in [0.1, 0.15) is 0 Å². The number of aryl methyl sites for hydroxylation is 2. The van der Waals surface area contributed by atoms with Crippen molar-refractivity contribution >= 4 is 16.6 Å². The lowest BCUT2D eigenvalue weighted by atomic mass is 10.1. The lowest BCUT2D eigenvalue weighted by Crippen LogP contribution is -2.03. The van der Waals surface area contributed by atoms with Crippen molar-refractivity contribution in [2.24, 2.45) is 0 Å². The molecular formula is C18H18N2. The van der Waals surface area contributed by atoms with E-state index in [0.717, 1.165) is 17.8 Å². The largest absolute Gasteiger partial charge is 0.379 e. The van der Waals surface area contributed by atoms with Gasteiger partial charge >= 0.3 is 0 Å². The van der Waals surface area contributed by atoms with Gasteiger partial charge in [-0.1, -0.05) is 36.4 Å². The summed E-state index contributed by atoms with van der Waals surface area (Å²) in [5.41, 5.74) is 5.82. The van der Waals surface area contributed by atoms with Crippen LogP contribution < -0.4 is 5.32 Å². The van der Waals surface area contributed by atoms with Gasteiger partial charge in [0.05, 0.1) is 17.8 Å². The first-order chi connectivity index (χ1) is 9.72. The zero-order valence-corrected chi connectivity index (χ0v) is 11.9. The number of hydrogen-bond acceptors (Lipinski definition) is 2. The second kappa shape index (κ2) is 5.33. The van der Waals surface area contributed by atoms with Crippen molar-refractivity contribution in [2.45, 2.75) is 20.4 Å². The molecule has 0 amide bonds. The number of nitrogens with zero attached hydrogens (tertiary/aromatic N) is 1. The quantitative estimate of drug-likeness (QED) is 0.753. The van der Waals surface area contributed by atoms with Crippen molar-refractivity contribution in [3.05, 3.63) is 71.4 Å². The minimum absolute atomic E-state index is 0.745. The molecule has 0 saturated heterocycles. The Morgan fingerprint density at radius 1 is 0.950 bits per heavy atom. The highest BCUT2D eigenvalue weighted by atomic mass is 14.9. The van der Waals surface area contributed by atoms with E-state index in [4.69, 9.17) is 0 Å². The number of anilines is 1. The fourth-order valence-electron chi connectivity index (χ4n) is 2.32. The highest BCUT2D eigenvalue weighted by Gasteiger charge is 2.01. The molecule has 1 heterocycles. The summed E-state index contributed by atoms with van der Waals surface area (Å²) in [7, 11) is 0. The summed E-state index contributed by atoms with van der Waals surface area (Å²) < 4.78 is 0. The monoisotopic (exact) mass is 262 g/mol. The zero-order valence-electron chi connectivity index (χ0n) is 11.9. The molecule has 0 fully saturated rings. The highest BCUT2D eigenvalue weighted by Crippen LogP contribution is 2.18. The second-order valence-corrected chi connectivity index (χ2v) is 5.17. The van der Waals surface area contributed by atoms with E-state index in [-0.39, 0.29) is 0 Å². The lowest BCUT2D eigenvalue weighted by molar-refractivity contribution is 1.06. The molecule has 3 aromatic rings. The van der Waals surface area contributed by atoms with Gasteiger partial charge in [0.2, 0.25) is 0 Å². The number of pyridine rings is 1. The summed E-state index contributed by atoms with van der Waals surface area (Å²) in [6.45, 7) is 4.98. The van der Waals surface area contributed by atoms with Gasteiger partial charge in [0.25, 0.3) is 0 Å². The minimum Gasteiger partial charge on any atom is -0.379 e. The van der Waals surface area contributed by atoms with Gasteiger partial charge in [-0.15, -0.1) is 0 Å². The standard InChI is InChI=1S/C18H18N2/c1-13-7-8-14(2)18(11-13)19-12-16-10-9-15-5-3-4-6-17(15)20-16/h3-11,19H,12H2,1-2H3. The van der Waals surface area contributed by atoms with Gasteiger partial charge in [-0.25, -0.2) is 0 Å². The SMILES string of the molecule is Cc1ccc(C)c(NCc2ccc3ccccc3n2)c1. The molecule has 100 valence electrons. The van der Waals surface area contributed by atoms with Gasteiger partial charge in [0, 0.05) is 11.1 Å². The Morgan fingerprint density at radius 3 is 2.70 bits per heavy atom. The number of fused-ring (bicyclic) bond motifs is 1. The van der Waals surface area contributed by atoms with Crippen LogP contribution in [0.5, 0.6) is 0 Å². The molecule has 20 heavy (non-hydrogen) atoms. The van der Waals surface area contributed by atoms with Gasteiger partial charge in [-0.3, -0.25) is 4.98 Å². The predicted octanol–water partition coefficient (Wildman–Crippen LogP) is 4.46. The van der Waals surface area contributed by atoms with Gasteiger partial charge < -0.3 is 5.32 Å². The van der Waals surface area contributed by atoms with E-state index in [0.29, 0.717) is 0 Å². The van der Waals surface area contributed by atoms with Crippen LogP contribution in [0, 0.1) is 13.8 Å². The van der Waals surface area contributed by atoms with E-state index in [1.807, 2.05) is 12.1 Å². The molecule has 0 bridgehead atoms. The third-order valence-electron chi connectivity index (χ3n) is 3.51. The fourth-order valence-corrected chi connectivity index (χ4v) is 2.32. The Morgan fingerprint density at radius 2 is 1.80 bits per heavy atom. The van der Waals surface area contributed by atoms with Crippen molar-refractivity contribution in [1.29, 1.82) is 0 Å². The van der Waals surface area contributed by atoms with E-state index in [2.05, 4.69) is 66.6 Å². The van der Waals surface area contributed by atoms with Crippen LogP contribution in [0.1, 0.15) is 16.8 Å². The van der Waals surface area contributed by atoms with E-state index in [9.17, 15) is 0 Å². The Kier molecular flexibility index (Phi) is 3.38. The summed E-state index contributed by atoms with van der Waals surface area (Å²) in [4.78, 5) is 4.68. The van der Waals surface area contributed by atoms with E-state index < -0.39 is 0 Å². The Balaban J connectivity index is 1.81. The Labute approximate surface area is 119 Å². The third-order valence-corrected chi connectivity index (χ3v) is 3.51. The first-order valence-electron chi connectivity index (χ1n) is 6.88. The summed E-state index contributed by atoms with van der Waals surface area (Å²) in [6, 6.07) is 18.9. The van der Waals surface area contributed by atoms with E-state index >= 15 is 0 Å². The minimum atomic E-state index is 0.745. The van der Waals surface area contributed by atoms with Gasteiger partial charge in [-0.2, -0.15) is 0 Å². The molecule has 3 rings (SSSR count). The maximum absolute atomic E-state index is 4.68. The Hall–Kier alpha value is -2.35. The average molecular weight is 262 g/mol. The average Bonchev–Trinajstić information content (AvgIpc) is 2.48. The molecule has 0 aliphatic heterocycles. The van der Waals surface area contributed by atoms with Crippen molar-refractivity contribution in [2.75, 3.05) is 5.32 Å². The second-order valence-electron chi connectivity index (χ2n) is 5.17. The van der Waals surface area contributed by atoms with Gasteiger partial charge in [0.15, 0.2) is 0 Å². The number of nitrogens with one attached hydrogen (secondary N) is 1. The zero-order chi connectivity index (χ0) is 13.9. The predicted molar refractivity (Wildman–Crippen MR) is 85.0 cm³/mol. The smallest absolute Gasteiger partial charge is 0.0706 e. The van der Waals surface area contributed by atoms with Crippen molar-refractivity contribution in [3.8, 4) is 0 Å². The molecule has 0 aliphatic rings. The molecule has 2 aromatic carbocycles. The maximum Gasteiger partial charge on any atom is 0.0706 e. The summed E-state index contributed by atoms with van der Waals surface area (Å²) in [5.74, 6) is 0. The molecule has 0 atom stereocenters. The van der Waals surface area contributed by atoms with Crippen LogP contribution >= 0.6 is 0 Å². The Bertz CT molecular complexity index is 747. The van der Waals surface area contributed by atoms with Crippen LogP contribution in [0.2, 0.25) is 0 Å². The van der Waals surface area contributed by atoms with Gasteiger partial charge in [-0.05, 0) is 43.2 Å². The number of para-hydroxylation sites is 1. The van der Waals surface area contributed by atoms with Crippen molar-refractivity contribution in [3.63, 3.8) is 0 Å². The molecule has 0 saturated carbocycles. The summed E-state index contributed by atoms with van der Waals surface area (Å²) in [6.07, 6.45) is 0. The molecule has 2 nitrogen and oxygen atoms in total. The summed E-state index contributed by atoms with van der Waals surface area (Å²) >= 11 is 0. The normalized spacial score (nSPS) is 10.7. The van der Waals surface area contributed by atoms with Crippen LogP contribution in [0.4, 0.5) is 5.69 Å². The van der Waals surface area contributed by atoms with Crippen LogP contribution in [0.3, 0.4) is 0 Å². The van der Waals surface area contributed by atoms with Crippen LogP contribution in [0.15, 0.2) is 54.6 Å². The molecule has 2 heteroatoms.